The molecule has 0 saturated carbocycles. The van der Waals surface area contributed by atoms with E-state index in [9.17, 15) is 13.2 Å². The molecule has 0 aliphatic heterocycles. The number of hydrogen-bond donors (Lipinski definition) is 1. The van der Waals surface area contributed by atoms with Crippen molar-refractivity contribution in [2.75, 3.05) is 6.54 Å². The first-order valence-corrected chi connectivity index (χ1v) is 3.72. The molecule has 68 valence electrons. The van der Waals surface area contributed by atoms with Crippen LogP contribution in [0, 0.1) is 5.92 Å². The highest BCUT2D eigenvalue weighted by Gasteiger charge is 2.26. The highest BCUT2D eigenvalue weighted by Crippen LogP contribution is 2.23. The van der Waals surface area contributed by atoms with Gasteiger partial charge in [-0.2, -0.15) is 13.2 Å². The Kier molecular flexibility index (Phi) is 4.49. The van der Waals surface area contributed by atoms with Crippen LogP contribution in [0.2, 0.25) is 0 Å². The van der Waals surface area contributed by atoms with E-state index in [0.29, 0.717) is 13.0 Å². The Morgan fingerprint density at radius 2 is 1.91 bits per heavy atom. The molecule has 4 heteroatoms. The zero-order chi connectivity index (χ0) is 8.91. The lowest BCUT2D eigenvalue weighted by Gasteiger charge is -2.09. The third kappa shape index (κ3) is 7.65. The van der Waals surface area contributed by atoms with E-state index >= 15 is 0 Å². The summed E-state index contributed by atoms with van der Waals surface area (Å²) in [5.41, 5.74) is 5.24. The van der Waals surface area contributed by atoms with Gasteiger partial charge < -0.3 is 5.73 Å². The molecular weight excluding hydrogens is 155 g/mol. The number of rotatable bonds is 4. The molecule has 0 radical (unpaired) electrons. The van der Waals surface area contributed by atoms with E-state index < -0.39 is 12.6 Å². The first-order valence-electron chi connectivity index (χ1n) is 3.72. The van der Waals surface area contributed by atoms with Gasteiger partial charge in [0.05, 0.1) is 0 Å². The van der Waals surface area contributed by atoms with Crippen molar-refractivity contribution >= 4 is 0 Å². The molecule has 0 rings (SSSR count). The summed E-state index contributed by atoms with van der Waals surface area (Å²) in [5.74, 6) is 0.206. The minimum atomic E-state index is -4.01. The molecule has 0 heterocycles. The number of nitrogens with two attached hydrogens (primary N) is 1. The van der Waals surface area contributed by atoms with Gasteiger partial charge in [-0.1, -0.05) is 6.92 Å². The van der Waals surface area contributed by atoms with Gasteiger partial charge in [0, 0.05) is 6.42 Å². The van der Waals surface area contributed by atoms with Crippen LogP contribution in [-0.2, 0) is 0 Å². The predicted octanol–water partition coefficient (Wildman–Crippen LogP) is 2.31. The van der Waals surface area contributed by atoms with Crippen LogP contribution in [0.4, 0.5) is 13.2 Å². The van der Waals surface area contributed by atoms with Crippen LogP contribution < -0.4 is 5.73 Å². The molecule has 0 spiro atoms. The molecule has 0 aromatic heterocycles. The van der Waals surface area contributed by atoms with E-state index in [4.69, 9.17) is 5.73 Å². The van der Waals surface area contributed by atoms with Gasteiger partial charge in [0.1, 0.15) is 0 Å². The summed E-state index contributed by atoms with van der Waals surface area (Å²) < 4.78 is 34.7. The third-order valence-corrected chi connectivity index (χ3v) is 1.56. The second-order valence-corrected chi connectivity index (χ2v) is 2.85. The Labute approximate surface area is 64.8 Å². The second-order valence-electron chi connectivity index (χ2n) is 2.85. The van der Waals surface area contributed by atoms with Crippen molar-refractivity contribution in [2.45, 2.75) is 32.4 Å². The van der Waals surface area contributed by atoms with Gasteiger partial charge >= 0.3 is 6.18 Å². The number of hydrogen-bond acceptors (Lipinski definition) is 1. The Hall–Kier alpha value is -0.250. The molecule has 2 N–H and O–H groups in total. The molecule has 0 aromatic rings. The molecule has 0 bridgehead atoms. The van der Waals surface area contributed by atoms with E-state index in [0.717, 1.165) is 0 Å². The average molecular weight is 169 g/mol. The Balaban J connectivity index is 3.28. The van der Waals surface area contributed by atoms with Crippen LogP contribution in [0.25, 0.3) is 0 Å². The molecule has 0 fully saturated rings. The topological polar surface area (TPSA) is 26.0 Å². The summed E-state index contributed by atoms with van der Waals surface area (Å²) in [6.45, 7) is 2.33. The fourth-order valence-electron chi connectivity index (χ4n) is 0.769. The fraction of sp³-hybridized carbons (Fsp3) is 1.00. The predicted molar refractivity (Wildman–Crippen MR) is 38.1 cm³/mol. The molecular formula is C7H14F3N. The SMILES string of the molecule is C[C@H](CN)CCCC(F)(F)F. The fourth-order valence-corrected chi connectivity index (χ4v) is 0.769. The molecule has 0 unspecified atom stereocenters. The van der Waals surface area contributed by atoms with Gasteiger partial charge in [0.2, 0.25) is 0 Å². The zero-order valence-corrected chi connectivity index (χ0v) is 6.62. The Morgan fingerprint density at radius 3 is 2.27 bits per heavy atom. The molecule has 0 saturated heterocycles. The summed E-state index contributed by atoms with van der Waals surface area (Å²) >= 11 is 0. The van der Waals surface area contributed by atoms with Crippen molar-refractivity contribution in [3.63, 3.8) is 0 Å². The average Bonchev–Trinajstić information content (AvgIpc) is 1.85. The van der Waals surface area contributed by atoms with Crippen LogP contribution in [0.1, 0.15) is 26.2 Å². The first kappa shape index (κ1) is 10.8. The minimum Gasteiger partial charge on any atom is -0.330 e. The summed E-state index contributed by atoms with van der Waals surface area (Å²) in [6.07, 6.45) is -3.93. The normalized spacial score (nSPS) is 15.0. The second kappa shape index (κ2) is 4.59. The van der Waals surface area contributed by atoms with Gasteiger partial charge in [0.25, 0.3) is 0 Å². The molecule has 0 aromatic carbocycles. The van der Waals surface area contributed by atoms with Crippen molar-refractivity contribution in [1.29, 1.82) is 0 Å². The lowest BCUT2D eigenvalue weighted by molar-refractivity contribution is -0.136. The maximum Gasteiger partial charge on any atom is 0.389 e. The molecule has 0 aliphatic carbocycles. The van der Waals surface area contributed by atoms with Gasteiger partial charge in [-0.3, -0.25) is 0 Å². The van der Waals surface area contributed by atoms with Crippen molar-refractivity contribution < 1.29 is 13.2 Å². The minimum absolute atomic E-state index is 0.196. The summed E-state index contributed by atoms with van der Waals surface area (Å²) in [4.78, 5) is 0. The number of alkyl halides is 3. The quantitative estimate of drug-likeness (QED) is 0.686. The molecule has 1 nitrogen and oxygen atoms in total. The van der Waals surface area contributed by atoms with E-state index in [1.54, 1.807) is 0 Å². The summed E-state index contributed by atoms with van der Waals surface area (Å²) in [7, 11) is 0. The third-order valence-electron chi connectivity index (χ3n) is 1.56. The number of halogens is 3. The Bertz CT molecular complexity index is 100. The van der Waals surface area contributed by atoms with Crippen LogP contribution in [0.3, 0.4) is 0 Å². The van der Waals surface area contributed by atoms with Crippen LogP contribution in [-0.4, -0.2) is 12.7 Å². The van der Waals surface area contributed by atoms with Crippen molar-refractivity contribution in [1.82, 2.24) is 0 Å². The standard InChI is InChI=1S/C7H14F3N/c1-6(5-11)3-2-4-7(8,9)10/h6H,2-5,11H2,1H3/t6-/m0/s1. The lowest BCUT2D eigenvalue weighted by Crippen LogP contribution is -2.12. The van der Waals surface area contributed by atoms with Gasteiger partial charge in [0.15, 0.2) is 0 Å². The van der Waals surface area contributed by atoms with E-state index in [-0.39, 0.29) is 12.3 Å². The van der Waals surface area contributed by atoms with E-state index in [1.807, 2.05) is 6.92 Å². The van der Waals surface area contributed by atoms with Crippen molar-refractivity contribution in [3.8, 4) is 0 Å². The van der Waals surface area contributed by atoms with Crippen molar-refractivity contribution in [3.05, 3.63) is 0 Å². The molecule has 0 amide bonds. The Morgan fingerprint density at radius 1 is 1.36 bits per heavy atom. The smallest absolute Gasteiger partial charge is 0.330 e. The summed E-state index contributed by atoms with van der Waals surface area (Å²) in [5, 5.41) is 0. The van der Waals surface area contributed by atoms with Crippen molar-refractivity contribution in [2.24, 2.45) is 11.7 Å². The maximum absolute atomic E-state index is 11.6. The lowest BCUT2D eigenvalue weighted by atomic mass is 10.0. The molecule has 0 aliphatic rings. The van der Waals surface area contributed by atoms with Gasteiger partial charge in [-0.25, -0.2) is 0 Å². The maximum atomic E-state index is 11.6. The van der Waals surface area contributed by atoms with Crippen LogP contribution in [0.5, 0.6) is 0 Å². The highest BCUT2D eigenvalue weighted by atomic mass is 19.4. The van der Waals surface area contributed by atoms with Crippen LogP contribution >= 0.6 is 0 Å². The summed E-state index contributed by atoms with van der Waals surface area (Å²) in [6, 6.07) is 0. The molecule has 11 heavy (non-hydrogen) atoms. The van der Waals surface area contributed by atoms with E-state index in [1.165, 1.54) is 0 Å². The first-order chi connectivity index (χ1) is 4.95. The van der Waals surface area contributed by atoms with Gasteiger partial charge in [-0.15, -0.1) is 0 Å². The highest BCUT2D eigenvalue weighted by molar-refractivity contribution is 4.56. The van der Waals surface area contributed by atoms with Gasteiger partial charge in [-0.05, 0) is 25.3 Å². The zero-order valence-electron chi connectivity index (χ0n) is 6.62. The monoisotopic (exact) mass is 169 g/mol. The largest absolute Gasteiger partial charge is 0.389 e. The van der Waals surface area contributed by atoms with Crippen LogP contribution in [0.15, 0.2) is 0 Å². The van der Waals surface area contributed by atoms with E-state index in [2.05, 4.69) is 0 Å². The molecule has 1 atom stereocenters.